The maximum Gasteiger partial charge on any atom is 0.224 e. The first-order valence-electron chi connectivity index (χ1n) is 11.7. The van der Waals surface area contributed by atoms with E-state index in [1.165, 1.54) is 0 Å². The number of hydrogen-bond acceptors (Lipinski definition) is 7. The van der Waals surface area contributed by atoms with Crippen molar-refractivity contribution in [2.75, 3.05) is 10.6 Å². The smallest absolute Gasteiger partial charge is 0.224 e. The SMILES string of the molecule is NC(=O)C1CCC(n2c(Nc3c(F)cc(Cl)cc3F)nc3cnc(N[C@H]4CC[C@H](O)C4)nc32)CC1. The van der Waals surface area contributed by atoms with Gasteiger partial charge >= 0.3 is 0 Å². The molecule has 0 radical (unpaired) electrons. The van der Waals surface area contributed by atoms with E-state index in [0.29, 0.717) is 55.6 Å². The number of anilines is 3. The minimum atomic E-state index is -0.848. The average molecular weight is 506 g/mol. The van der Waals surface area contributed by atoms with Crippen molar-refractivity contribution in [2.24, 2.45) is 11.7 Å². The van der Waals surface area contributed by atoms with Crippen molar-refractivity contribution in [3.63, 3.8) is 0 Å². The molecule has 0 bridgehead atoms. The zero-order valence-corrected chi connectivity index (χ0v) is 19.6. The molecular formula is C23H26ClF2N7O2. The zero-order chi connectivity index (χ0) is 24.7. The molecule has 5 rings (SSSR count). The Bertz CT molecular complexity index is 1240. The summed E-state index contributed by atoms with van der Waals surface area (Å²) in [5.74, 6) is -1.62. The van der Waals surface area contributed by atoms with E-state index >= 15 is 0 Å². The van der Waals surface area contributed by atoms with Crippen LogP contribution in [-0.4, -0.2) is 42.7 Å². The number of aliphatic hydroxyl groups is 1. The lowest BCUT2D eigenvalue weighted by atomic mass is 9.85. The first-order chi connectivity index (χ1) is 16.8. The summed E-state index contributed by atoms with van der Waals surface area (Å²) in [7, 11) is 0. The number of carbonyl (C=O) groups is 1. The third-order valence-electron chi connectivity index (χ3n) is 6.88. The zero-order valence-electron chi connectivity index (χ0n) is 18.8. The molecule has 186 valence electrons. The third kappa shape index (κ3) is 4.87. The number of halogens is 3. The fraction of sp³-hybridized carbons (Fsp3) is 0.478. The summed E-state index contributed by atoms with van der Waals surface area (Å²) in [5, 5.41) is 15.8. The molecule has 2 aliphatic rings. The van der Waals surface area contributed by atoms with Crippen LogP contribution in [0.4, 0.5) is 26.4 Å². The summed E-state index contributed by atoms with van der Waals surface area (Å²) < 4.78 is 30.9. The van der Waals surface area contributed by atoms with Crippen LogP contribution in [-0.2, 0) is 4.79 Å². The van der Waals surface area contributed by atoms with Crippen LogP contribution in [0.15, 0.2) is 18.3 Å². The monoisotopic (exact) mass is 505 g/mol. The Morgan fingerprint density at radius 3 is 2.46 bits per heavy atom. The highest BCUT2D eigenvalue weighted by Crippen LogP contribution is 2.38. The molecule has 0 saturated heterocycles. The van der Waals surface area contributed by atoms with Crippen LogP contribution in [0.2, 0.25) is 5.02 Å². The van der Waals surface area contributed by atoms with Gasteiger partial charge in [0, 0.05) is 23.0 Å². The van der Waals surface area contributed by atoms with Crippen LogP contribution in [0.5, 0.6) is 0 Å². The molecule has 2 heterocycles. The Kier molecular flexibility index (Phi) is 6.45. The molecule has 1 amide bonds. The molecule has 35 heavy (non-hydrogen) atoms. The van der Waals surface area contributed by atoms with E-state index in [0.717, 1.165) is 18.6 Å². The molecule has 2 saturated carbocycles. The van der Waals surface area contributed by atoms with Gasteiger partial charge < -0.3 is 21.5 Å². The third-order valence-corrected chi connectivity index (χ3v) is 7.10. The van der Waals surface area contributed by atoms with Crippen molar-refractivity contribution in [3.8, 4) is 0 Å². The first kappa shape index (κ1) is 23.7. The van der Waals surface area contributed by atoms with Gasteiger partial charge in [-0.2, -0.15) is 4.98 Å². The second-order valence-corrected chi connectivity index (χ2v) is 9.73. The van der Waals surface area contributed by atoms with Crippen LogP contribution in [0.3, 0.4) is 0 Å². The lowest BCUT2D eigenvalue weighted by Crippen LogP contribution is -2.29. The highest BCUT2D eigenvalue weighted by Gasteiger charge is 2.30. The van der Waals surface area contributed by atoms with Crippen molar-refractivity contribution < 1.29 is 18.7 Å². The molecule has 2 atom stereocenters. The standard InChI is InChI=1S/C23H26ClF2N7O2/c24-12-7-16(25)19(17(26)8-12)31-23-30-18-10-28-22(29-13-3-6-15(34)9-13)32-21(18)33(23)14-4-1-11(2-5-14)20(27)35/h7-8,10-11,13-15,34H,1-6,9H2,(H2,27,35)(H,30,31)(H,28,29,32)/t11?,13-,14?,15-/m0/s1. The molecule has 0 unspecified atom stereocenters. The van der Waals surface area contributed by atoms with Crippen molar-refractivity contribution in [1.29, 1.82) is 0 Å². The van der Waals surface area contributed by atoms with E-state index in [1.807, 2.05) is 4.57 Å². The molecule has 0 spiro atoms. The Labute approximate surface area is 205 Å². The van der Waals surface area contributed by atoms with Gasteiger partial charge in [0.25, 0.3) is 0 Å². The van der Waals surface area contributed by atoms with Crippen LogP contribution >= 0.6 is 11.6 Å². The fourth-order valence-corrected chi connectivity index (χ4v) is 5.25. The maximum absolute atomic E-state index is 14.6. The Balaban J connectivity index is 1.52. The Hall–Kier alpha value is -3.05. The number of primary amides is 1. The number of nitrogens with two attached hydrogens (primary N) is 1. The first-order valence-corrected chi connectivity index (χ1v) is 12.1. The lowest BCUT2D eigenvalue weighted by molar-refractivity contribution is -0.122. The molecule has 2 aliphatic carbocycles. The van der Waals surface area contributed by atoms with Gasteiger partial charge in [0.1, 0.15) is 11.2 Å². The number of aliphatic hydroxyl groups excluding tert-OH is 1. The number of rotatable bonds is 6. The van der Waals surface area contributed by atoms with E-state index in [4.69, 9.17) is 17.3 Å². The van der Waals surface area contributed by atoms with Gasteiger partial charge in [-0.25, -0.2) is 18.7 Å². The van der Waals surface area contributed by atoms with Crippen molar-refractivity contribution in [2.45, 2.75) is 63.1 Å². The number of aromatic nitrogens is 4. The summed E-state index contributed by atoms with van der Waals surface area (Å²) in [6.45, 7) is 0. The summed E-state index contributed by atoms with van der Waals surface area (Å²) in [4.78, 5) is 25.2. The van der Waals surface area contributed by atoms with Crippen molar-refractivity contribution >= 4 is 46.3 Å². The highest BCUT2D eigenvalue weighted by atomic mass is 35.5. The van der Waals surface area contributed by atoms with Crippen molar-refractivity contribution in [1.82, 2.24) is 19.5 Å². The van der Waals surface area contributed by atoms with E-state index in [1.54, 1.807) is 6.20 Å². The number of nitrogens with one attached hydrogen (secondary N) is 2. The summed E-state index contributed by atoms with van der Waals surface area (Å²) in [6.07, 6.45) is 5.79. The number of nitrogens with zero attached hydrogens (tertiary/aromatic N) is 4. The molecule has 12 heteroatoms. The van der Waals surface area contributed by atoms with E-state index in [9.17, 15) is 18.7 Å². The number of benzene rings is 1. The van der Waals surface area contributed by atoms with Crippen LogP contribution in [0.1, 0.15) is 51.0 Å². The number of carbonyl (C=O) groups excluding carboxylic acids is 1. The van der Waals surface area contributed by atoms with E-state index in [-0.39, 0.29) is 46.7 Å². The van der Waals surface area contributed by atoms with E-state index < -0.39 is 11.6 Å². The van der Waals surface area contributed by atoms with Gasteiger partial charge in [0.05, 0.1) is 12.3 Å². The molecule has 5 N–H and O–H groups in total. The molecule has 9 nitrogen and oxygen atoms in total. The largest absolute Gasteiger partial charge is 0.393 e. The second kappa shape index (κ2) is 9.54. The van der Waals surface area contributed by atoms with Gasteiger partial charge in [-0.15, -0.1) is 0 Å². The summed E-state index contributed by atoms with van der Waals surface area (Å²) in [6, 6.07) is 1.98. The summed E-state index contributed by atoms with van der Waals surface area (Å²) in [5.41, 5.74) is 6.08. The van der Waals surface area contributed by atoms with Gasteiger partial charge in [-0.3, -0.25) is 9.36 Å². The summed E-state index contributed by atoms with van der Waals surface area (Å²) >= 11 is 5.77. The number of hydrogen-bond donors (Lipinski definition) is 4. The normalized spacial score (nSPS) is 24.6. The van der Waals surface area contributed by atoms with E-state index in [2.05, 4.69) is 25.6 Å². The number of amides is 1. The molecule has 2 aromatic heterocycles. The topological polar surface area (TPSA) is 131 Å². The Morgan fingerprint density at radius 1 is 1.11 bits per heavy atom. The molecule has 1 aromatic carbocycles. The maximum atomic E-state index is 14.6. The van der Waals surface area contributed by atoms with Gasteiger partial charge in [0.2, 0.25) is 17.8 Å². The average Bonchev–Trinajstić information content (AvgIpc) is 3.38. The second-order valence-electron chi connectivity index (χ2n) is 9.29. The fourth-order valence-electron chi connectivity index (χ4n) is 5.06. The number of fused-ring (bicyclic) bond motifs is 1. The van der Waals surface area contributed by atoms with Gasteiger partial charge in [-0.1, -0.05) is 11.6 Å². The van der Waals surface area contributed by atoms with Crippen LogP contribution in [0.25, 0.3) is 11.2 Å². The van der Waals surface area contributed by atoms with Gasteiger partial charge in [-0.05, 0) is 57.1 Å². The van der Waals surface area contributed by atoms with Gasteiger partial charge in [0.15, 0.2) is 17.3 Å². The lowest BCUT2D eigenvalue weighted by Gasteiger charge is -2.29. The molecule has 2 fully saturated rings. The predicted octanol–water partition coefficient (Wildman–Crippen LogP) is 4.04. The van der Waals surface area contributed by atoms with Crippen LogP contribution in [0, 0.1) is 17.6 Å². The van der Waals surface area contributed by atoms with Crippen molar-refractivity contribution in [3.05, 3.63) is 35.0 Å². The molecule has 3 aromatic rings. The Morgan fingerprint density at radius 2 is 1.83 bits per heavy atom. The predicted molar refractivity (Wildman–Crippen MR) is 127 cm³/mol. The molecular weight excluding hydrogens is 480 g/mol. The quantitative estimate of drug-likeness (QED) is 0.397. The number of imidazole rings is 1. The minimum absolute atomic E-state index is 0.0533. The molecule has 0 aliphatic heterocycles. The highest BCUT2D eigenvalue weighted by molar-refractivity contribution is 6.30. The minimum Gasteiger partial charge on any atom is -0.393 e. The van der Waals surface area contributed by atoms with Crippen LogP contribution < -0.4 is 16.4 Å².